The summed E-state index contributed by atoms with van der Waals surface area (Å²) in [7, 11) is 1.51. The quantitative estimate of drug-likeness (QED) is 0.735. The van der Waals surface area contributed by atoms with Crippen LogP contribution in [0.25, 0.3) is 0 Å². The molecule has 0 radical (unpaired) electrons. The minimum Gasteiger partial charge on any atom is -0.497 e. The van der Waals surface area contributed by atoms with Gasteiger partial charge in [-0.05, 0) is 36.4 Å². The Balaban J connectivity index is 1.77. The highest BCUT2D eigenvalue weighted by molar-refractivity contribution is 6.31. The van der Waals surface area contributed by atoms with Gasteiger partial charge in [-0.2, -0.15) is 0 Å². The topological polar surface area (TPSA) is 93.7 Å². The number of imide groups is 1. The highest BCUT2D eigenvalue weighted by Gasteiger charge is 2.15. The van der Waals surface area contributed by atoms with Crippen molar-refractivity contribution in [3.63, 3.8) is 0 Å². The van der Waals surface area contributed by atoms with Crippen LogP contribution in [0.15, 0.2) is 42.5 Å². The van der Waals surface area contributed by atoms with Crippen LogP contribution in [0.1, 0.15) is 5.56 Å². The van der Waals surface area contributed by atoms with Gasteiger partial charge in [-0.25, -0.2) is 9.18 Å². The molecule has 2 aromatic carbocycles. The predicted molar refractivity (Wildman–Crippen MR) is 96.2 cm³/mol. The van der Waals surface area contributed by atoms with Crippen molar-refractivity contribution in [1.82, 2.24) is 5.32 Å². The first-order valence-electron chi connectivity index (χ1n) is 7.72. The van der Waals surface area contributed by atoms with Gasteiger partial charge >= 0.3 is 12.0 Å². The number of carbonyl (C=O) groups is 3. The highest BCUT2D eigenvalue weighted by Crippen LogP contribution is 2.19. The van der Waals surface area contributed by atoms with Gasteiger partial charge in [-0.1, -0.05) is 17.7 Å². The zero-order chi connectivity index (χ0) is 19.8. The molecule has 0 aromatic heterocycles. The Labute approximate surface area is 159 Å². The molecule has 3 amide bonds. The van der Waals surface area contributed by atoms with Crippen molar-refractivity contribution in [2.24, 2.45) is 0 Å². The van der Waals surface area contributed by atoms with Gasteiger partial charge in [0.25, 0.3) is 5.91 Å². The molecule has 0 bridgehead atoms. The molecule has 0 fully saturated rings. The second kappa shape index (κ2) is 9.54. The van der Waals surface area contributed by atoms with E-state index in [-0.39, 0.29) is 10.6 Å². The zero-order valence-electron chi connectivity index (χ0n) is 14.3. The van der Waals surface area contributed by atoms with E-state index in [1.165, 1.54) is 19.2 Å². The molecule has 142 valence electrons. The Morgan fingerprint density at radius 1 is 1.11 bits per heavy atom. The molecule has 0 saturated heterocycles. The van der Waals surface area contributed by atoms with E-state index in [0.717, 1.165) is 6.07 Å². The number of methoxy groups -OCH3 is 1. The van der Waals surface area contributed by atoms with E-state index < -0.39 is 36.8 Å². The molecule has 0 unspecified atom stereocenters. The normalized spacial score (nSPS) is 10.0. The molecule has 9 heteroatoms. The molecule has 27 heavy (non-hydrogen) atoms. The van der Waals surface area contributed by atoms with Gasteiger partial charge in [0.15, 0.2) is 6.61 Å². The molecular weight excluding hydrogens is 379 g/mol. The molecule has 0 heterocycles. The number of carbonyl (C=O) groups excluding carboxylic acids is 3. The molecule has 0 aliphatic rings. The lowest BCUT2D eigenvalue weighted by molar-refractivity contribution is -0.147. The maximum Gasteiger partial charge on any atom is 0.325 e. The summed E-state index contributed by atoms with van der Waals surface area (Å²) in [6.07, 6.45) is -0.434. The van der Waals surface area contributed by atoms with Gasteiger partial charge in [0.1, 0.15) is 11.6 Å². The summed E-state index contributed by atoms with van der Waals surface area (Å²) in [5.41, 5.74) is 0.411. The van der Waals surface area contributed by atoms with Crippen LogP contribution < -0.4 is 15.4 Å². The monoisotopic (exact) mass is 394 g/mol. The standard InChI is InChI=1S/C18H16ClFN2O5/c1-26-12-7-5-11(6-8-12)21-18(25)22-16(23)10-27-17(24)9-13-14(19)3-2-4-15(13)20/h2-8H,9-10H2,1H3,(H2,21,22,23,25). The number of nitrogens with one attached hydrogen (secondary N) is 2. The molecule has 2 aromatic rings. The Kier molecular flexibility index (Phi) is 7.13. The summed E-state index contributed by atoms with van der Waals surface area (Å²) in [6.45, 7) is -0.694. The second-order valence-electron chi connectivity index (χ2n) is 5.27. The molecule has 0 spiro atoms. The molecule has 2 rings (SSSR count). The van der Waals surface area contributed by atoms with E-state index in [0.29, 0.717) is 11.4 Å². The summed E-state index contributed by atoms with van der Waals surface area (Å²) in [6, 6.07) is 9.64. The SMILES string of the molecule is COc1ccc(NC(=O)NC(=O)COC(=O)Cc2c(F)cccc2Cl)cc1. The third-order valence-corrected chi connectivity index (χ3v) is 3.70. The lowest BCUT2D eigenvalue weighted by Gasteiger charge is -2.09. The first-order valence-corrected chi connectivity index (χ1v) is 8.10. The van der Waals surface area contributed by atoms with E-state index in [9.17, 15) is 18.8 Å². The maximum atomic E-state index is 13.6. The lowest BCUT2D eigenvalue weighted by Crippen LogP contribution is -2.37. The number of halogens is 2. The van der Waals surface area contributed by atoms with Crippen LogP contribution in [-0.2, 0) is 20.7 Å². The fourth-order valence-electron chi connectivity index (χ4n) is 2.04. The molecule has 0 saturated carbocycles. The molecule has 2 N–H and O–H groups in total. The highest BCUT2D eigenvalue weighted by atomic mass is 35.5. The number of rotatable bonds is 6. The number of ether oxygens (including phenoxy) is 2. The van der Waals surface area contributed by atoms with E-state index >= 15 is 0 Å². The van der Waals surface area contributed by atoms with Gasteiger partial charge in [0.2, 0.25) is 0 Å². The Hall–Kier alpha value is -3.13. The van der Waals surface area contributed by atoms with Crippen molar-refractivity contribution in [3.8, 4) is 5.75 Å². The molecule has 0 aliphatic heterocycles. The first kappa shape index (κ1) is 20.2. The van der Waals surface area contributed by atoms with Crippen molar-refractivity contribution in [2.75, 3.05) is 19.0 Å². The van der Waals surface area contributed by atoms with Crippen molar-refractivity contribution < 1.29 is 28.2 Å². The van der Waals surface area contributed by atoms with Gasteiger partial charge in [-0.15, -0.1) is 0 Å². The van der Waals surface area contributed by atoms with Gasteiger partial charge in [-0.3, -0.25) is 14.9 Å². The number of urea groups is 1. The van der Waals surface area contributed by atoms with Crippen LogP contribution in [0.5, 0.6) is 5.75 Å². The minimum atomic E-state index is -0.854. The molecule has 7 nitrogen and oxygen atoms in total. The maximum absolute atomic E-state index is 13.6. The molecule has 0 aliphatic carbocycles. The number of benzene rings is 2. The van der Waals surface area contributed by atoms with Crippen LogP contribution in [0.3, 0.4) is 0 Å². The van der Waals surface area contributed by atoms with Gasteiger partial charge in [0.05, 0.1) is 13.5 Å². The van der Waals surface area contributed by atoms with Crippen LogP contribution in [0.2, 0.25) is 5.02 Å². The van der Waals surface area contributed by atoms with Crippen molar-refractivity contribution in [1.29, 1.82) is 0 Å². The Morgan fingerprint density at radius 3 is 2.44 bits per heavy atom. The smallest absolute Gasteiger partial charge is 0.325 e. The number of hydrogen-bond donors (Lipinski definition) is 2. The average Bonchev–Trinajstić information content (AvgIpc) is 2.63. The zero-order valence-corrected chi connectivity index (χ0v) is 15.0. The third-order valence-electron chi connectivity index (χ3n) is 3.35. The van der Waals surface area contributed by atoms with E-state index in [2.05, 4.69) is 5.32 Å². The number of esters is 1. The van der Waals surface area contributed by atoms with E-state index in [4.69, 9.17) is 21.1 Å². The summed E-state index contributed by atoms with van der Waals surface area (Å²) in [4.78, 5) is 35.1. The second-order valence-corrected chi connectivity index (χ2v) is 5.68. The molecule has 0 atom stereocenters. The third kappa shape index (κ3) is 6.27. The number of anilines is 1. The molecular formula is C18H16ClFN2O5. The summed E-state index contributed by atoms with van der Waals surface area (Å²) in [5.74, 6) is -1.73. The van der Waals surface area contributed by atoms with Crippen LogP contribution in [0.4, 0.5) is 14.9 Å². The van der Waals surface area contributed by atoms with Gasteiger partial charge in [0, 0.05) is 16.3 Å². The van der Waals surface area contributed by atoms with Crippen molar-refractivity contribution in [2.45, 2.75) is 6.42 Å². The minimum absolute atomic E-state index is 0.0261. The first-order chi connectivity index (χ1) is 12.9. The van der Waals surface area contributed by atoms with Crippen LogP contribution in [0, 0.1) is 5.82 Å². The number of hydrogen-bond acceptors (Lipinski definition) is 5. The van der Waals surface area contributed by atoms with Crippen LogP contribution in [-0.4, -0.2) is 31.6 Å². The number of amides is 3. The lowest BCUT2D eigenvalue weighted by atomic mass is 10.1. The van der Waals surface area contributed by atoms with E-state index in [1.54, 1.807) is 24.3 Å². The van der Waals surface area contributed by atoms with Crippen LogP contribution >= 0.6 is 11.6 Å². The summed E-state index contributed by atoms with van der Waals surface area (Å²) >= 11 is 5.81. The Morgan fingerprint density at radius 2 is 1.81 bits per heavy atom. The summed E-state index contributed by atoms with van der Waals surface area (Å²) in [5, 5.41) is 4.51. The van der Waals surface area contributed by atoms with Crippen molar-refractivity contribution in [3.05, 3.63) is 58.9 Å². The fraction of sp³-hybridized carbons (Fsp3) is 0.167. The van der Waals surface area contributed by atoms with Gasteiger partial charge < -0.3 is 14.8 Å². The largest absolute Gasteiger partial charge is 0.497 e. The summed E-state index contributed by atoms with van der Waals surface area (Å²) < 4.78 is 23.3. The average molecular weight is 395 g/mol. The Bertz CT molecular complexity index is 822. The van der Waals surface area contributed by atoms with E-state index in [1.807, 2.05) is 5.32 Å². The van der Waals surface area contributed by atoms with Crippen molar-refractivity contribution >= 4 is 35.2 Å². The fourth-order valence-corrected chi connectivity index (χ4v) is 2.27. The predicted octanol–water partition coefficient (Wildman–Crippen LogP) is 2.92.